The van der Waals surface area contributed by atoms with Crippen molar-refractivity contribution in [2.75, 3.05) is 0 Å². The summed E-state index contributed by atoms with van der Waals surface area (Å²) in [6.07, 6.45) is 0. The first-order valence-electron chi connectivity index (χ1n) is 6.39. The SMILES string of the molecule is CC(NC(=O)NCc1ccccc1)c1ccccc1. The lowest BCUT2D eigenvalue weighted by atomic mass is 10.1. The number of rotatable bonds is 4. The van der Waals surface area contributed by atoms with E-state index in [4.69, 9.17) is 0 Å². The molecule has 1 unspecified atom stereocenters. The summed E-state index contributed by atoms with van der Waals surface area (Å²) in [4.78, 5) is 11.8. The molecule has 2 rings (SSSR count). The number of benzene rings is 2. The van der Waals surface area contributed by atoms with Gasteiger partial charge in [0.15, 0.2) is 0 Å². The normalized spacial score (nSPS) is 11.6. The Morgan fingerprint density at radius 1 is 1.00 bits per heavy atom. The third-order valence-electron chi connectivity index (χ3n) is 2.94. The van der Waals surface area contributed by atoms with Gasteiger partial charge in [0.05, 0.1) is 6.04 Å². The molecule has 3 heteroatoms. The molecule has 0 aliphatic heterocycles. The summed E-state index contributed by atoms with van der Waals surface area (Å²) in [5.41, 5.74) is 2.18. The Balaban J connectivity index is 1.82. The van der Waals surface area contributed by atoms with Crippen LogP contribution in [0, 0.1) is 0 Å². The van der Waals surface area contributed by atoms with Crippen LogP contribution in [0.3, 0.4) is 0 Å². The summed E-state index contributed by atoms with van der Waals surface area (Å²) in [6.45, 7) is 2.51. The molecule has 0 bridgehead atoms. The van der Waals surface area contributed by atoms with Gasteiger partial charge in [-0.25, -0.2) is 4.79 Å². The van der Waals surface area contributed by atoms with Gasteiger partial charge in [-0.2, -0.15) is 0 Å². The zero-order valence-electron chi connectivity index (χ0n) is 11.0. The number of hydrogen-bond donors (Lipinski definition) is 2. The summed E-state index contributed by atoms with van der Waals surface area (Å²) >= 11 is 0. The topological polar surface area (TPSA) is 41.1 Å². The Morgan fingerprint density at radius 2 is 1.58 bits per heavy atom. The largest absolute Gasteiger partial charge is 0.334 e. The van der Waals surface area contributed by atoms with Gasteiger partial charge in [-0.1, -0.05) is 60.7 Å². The maximum absolute atomic E-state index is 11.8. The van der Waals surface area contributed by atoms with Crippen LogP contribution < -0.4 is 10.6 Å². The lowest BCUT2D eigenvalue weighted by Gasteiger charge is -2.15. The third-order valence-corrected chi connectivity index (χ3v) is 2.94. The molecule has 0 spiro atoms. The number of nitrogens with one attached hydrogen (secondary N) is 2. The minimum absolute atomic E-state index is 0.00280. The third kappa shape index (κ3) is 4.14. The lowest BCUT2D eigenvalue weighted by molar-refractivity contribution is 0.237. The fourth-order valence-corrected chi connectivity index (χ4v) is 1.85. The van der Waals surface area contributed by atoms with E-state index in [2.05, 4.69) is 10.6 Å². The van der Waals surface area contributed by atoms with Crippen molar-refractivity contribution in [3.05, 3.63) is 71.8 Å². The minimum Gasteiger partial charge on any atom is -0.334 e. The molecule has 2 N–H and O–H groups in total. The van der Waals surface area contributed by atoms with E-state index in [-0.39, 0.29) is 12.1 Å². The van der Waals surface area contributed by atoms with Crippen LogP contribution in [0.15, 0.2) is 60.7 Å². The molecule has 0 radical (unpaired) electrons. The van der Waals surface area contributed by atoms with Crippen molar-refractivity contribution in [1.29, 1.82) is 0 Å². The van der Waals surface area contributed by atoms with Crippen molar-refractivity contribution in [2.45, 2.75) is 19.5 Å². The molecule has 19 heavy (non-hydrogen) atoms. The molecule has 3 nitrogen and oxygen atoms in total. The Bertz CT molecular complexity index is 511. The maximum Gasteiger partial charge on any atom is 0.315 e. The molecule has 0 heterocycles. The lowest BCUT2D eigenvalue weighted by Crippen LogP contribution is -2.36. The molecular weight excluding hydrogens is 236 g/mol. The van der Waals surface area contributed by atoms with Gasteiger partial charge >= 0.3 is 6.03 Å². The second kappa shape index (κ2) is 6.59. The van der Waals surface area contributed by atoms with Gasteiger partial charge in [0.25, 0.3) is 0 Å². The molecular formula is C16H18N2O. The second-order valence-corrected chi connectivity index (χ2v) is 4.44. The maximum atomic E-state index is 11.8. The van der Waals surface area contributed by atoms with Crippen LogP contribution in [0.25, 0.3) is 0 Å². The molecule has 0 aliphatic rings. The summed E-state index contributed by atoms with van der Waals surface area (Å²) in [6, 6.07) is 19.6. The zero-order chi connectivity index (χ0) is 13.5. The van der Waals surface area contributed by atoms with Crippen LogP contribution in [0.1, 0.15) is 24.1 Å². The van der Waals surface area contributed by atoms with Crippen molar-refractivity contribution < 1.29 is 4.79 Å². The Hall–Kier alpha value is -2.29. The number of hydrogen-bond acceptors (Lipinski definition) is 1. The van der Waals surface area contributed by atoms with Crippen LogP contribution in [-0.4, -0.2) is 6.03 Å². The molecule has 0 saturated heterocycles. The van der Waals surface area contributed by atoms with Gasteiger partial charge < -0.3 is 10.6 Å². The molecule has 0 saturated carbocycles. The highest BCUT2D eigenvalue weighted by molar-refractivity contribution is 5.74. The molecule has 2 aromatic rings. The molecule has 0 aromatic heterocycles. The van der Waals surface area contributed by atoms with Crippen LogP contribution in [0.4, 0.5) is 4.79 Å². The minimum atomic E-state index is -0.153. The highest BCUT2D eigenvalue weighted by atomic mass is 16.2. The van der Waals surface area contributed by atoms with Crippen molar-refractivity contribution in [2.24, 2.45) is 0 Å². The Labute approximate surface area is 113 Å². The van der Waals surface area contributed by atoms with E-state index in [1.807, 2.05) is 67.6 Å². The van der Waals surface area contributed by atoms with Crippen molar-refractivity contribution in [3.63, 3.8) is 0 Å². The molecule has 98 valence electrons. The average Bonchev–Trinajstić information content (AvgIpc) is 2.47. The molecule has 2 amide bonds. The number of urea groups is 1. The van der Waals surface area contributed by atoms with E-state index in [0.29, 0.717) is 6.54 Å². The quantitative estimate of drug-likeness (QED) is 0.864. The van der Waals surface area contributed by atoms with Gasteiger partial charge in [0.2, 0.25) is 0 Å². The fraction of sp³-hybridized carbons (Fsp3) is 0.188. The number of amides is 2. The first kappa shape index (κ1) is 13.1. The average molecular weight is 254 g/mol. The zero-order valence-corrected chi connectivity index (χ0v) is 11.0. The van der Waals surface area contributed by atoms with E-state index < -0.39 is 0 Å². The van der Waals surface area contributed by atoms with Crippen molar-refractivity contribution >= 4 is 6.03 Å². The van der Waals surface area contributed by atoms with E-state index in [1.165, 1.54) is 0 Å². The summed E-state index contributed by atoms with van der Waals surface area (Å²) in [7, 11) is 0. The summed E-state index contributed by atoms with van der Waals surface area (Å²) in [5, 5.41) is 5.77. The monoisotopic (exact) mass is 254 g/mol. The van der Waals surface area contributed by atoms with E-state index in [0.717, 1.165) is 11.1 Å². The highest BCUT2D eigenvalue weighted by Gasteiger charge is 2.08. The number of carbonyl (C=O) groups is 1. The van der Waals surface area contributed by atoms with E-state index >= 15 is 0 Å². The predicted octanol–water partition coefficient (Wildman–Crippen LogP) is 3.25. The van der Waals surface area contributed by atoms with E-state index in [1.54, 1.807) is 0 Å². The smallest absolute Gasteiger partial charge is 0.315 e. The molecule has 0 aliphatic carbocycles. The predicted molar refractivity (Wildman–Crippen MR) is 76.7 cm³/mol. The van der Waals surface area contributed by atoms with Crippen LogP contribution in [-0.2, 0) is 6.54 Å². The van der Waals surface area contributed by atoms with Crippen LogP contribution in [0.2, 0.25) is 0 Å². The first-order valence-corrected chi connectivity index (χ1v) is 6.39. The Kier molecular flexibility index (Phi) is 4.56. The second-order valence-electron chi connectivity index (χ2n) is 4.44. The number of carbonyl (C=O) groups excluding carboxylic acids is 1. The van der Waals surface area contributed by atoms with Gasteiger partial charge in [-0.3, -0.25) is 0 Å². The standard InChI is InChI=1S/C16H18N2O/c1-13(15-10-6-3-7-11-15)18-16(19)17-12-14-8-4-2-5-9-14/h2-11,13H,12H2,1H3,(H2,17,18,19). The molecule has 2 aromatic carbocycles. The van der Waals surface area contributed by atoms with Gasteiger partial charge in [-0.05, 0) is 18.1 Å². The summed E-state index contributed by atoms with van der Waals surface area (Å²) < 4.78 is 0. The van der Waals surface area contributed by atoms with Gasteiger partial charge in [0.1, 0.15) is 0 Å². The van der Waals surface area contributed by atoms with E-state index in [9.17, 15) is 4.79 Å². The molecule has 1 atom stereocenters. The van der Waals surface area contributed by atoms with Crippen molar-refractivity contribution in [3.8, 4) is 0 Å². The Morgan fingerprint density at radius 3 is 2.21 bits per heavy atom. The van der Waals surface area contributed by atoms with Crippen LogP contribution in [0.5, 0.6) is 0 Å². The first-order chi connectivity index (χ1) is 9.25. The summed E-state index contributed by atoms with van der Waals surface area (Å²) in [5.74, 6) is 0. The van der Waals surface area contributed by atoms with Crippen LogP contribution >= 0.6 is 0 Å². The van der Waals surface area contributed by atoms with Gasteiger partial charge in [0, 0.05) is 6.54 Å². The highest BCUT2D eigenvalue weighted by Crippen LogP contribution is 2.10. The van der Waals surface area contributed by atoms with Gasteiger partial charge in [-0.15, -0.1) is 0 Å². The fourth-order valence-electron chi connectivity index (χ4n) is 1.85. The molecule has 0 fully saturated rings. The van der Waals surface area contributed by atoms with Crippen molar-refractivity contribution in [1.82, 2.24) is 10.6 Å².